The summed E-state index contributed by atoms with van der Waals surface area (Å²) in [6, 6.07) is 6.00. The van der Waals surface area contributed by atoms with E-state index in [2.05, 4.69) is 15.1 Å². The molecule has 1 saturated heterocycles. The highest BCUT2D eigenvalue weighted by atomic mass is 32.2. The molecule has 0 radical (unpaired) electrons. The summed E-state index contributed by atoms with van der Waals surface area (Å²) >= 11 is 0. The summed E-state index contributed by atoms with van der Waals surface area (Å²) in [5, 5.41) is 7.10. The van der Waals surface area contributed by atoms with Gasteiger partial charge in [-0.2, -0.15) is 22.5 Å². The van der Waals surface area contributed by atoms with Crippen LogP contribution in [0.15, 0.2) is 30.5 Å². The van der Waals surface area contributed by atoms with Crippen molar-refractivity contribution in [3.63, 3.8) is 0 Å². The minimum Gasteiger partial charge on any atom is -0.497 e. The summed E-state index contributed by atoms with van der Waals surface area (Å²) in [5.41, 5.74) is 2.40. The molecule has 1 aliphatic rings. The van der Waals surface area contributed by atoms with Gasteiger partial charge in [-0.25, -0.2) is 0 Å². The van der Waals surface area contributed by atoms with Crippen molar-refractivity contribution in [1.29, 1.82) is 0 Å². The van der Waals surface area contributed by atoms with Crippen LogP contribution in [0.25, 0.3) is 0 Å². The Bertz CT molecular complexity index is 955. The average Bonchev–Trinajstić information content (AvgIpc) is 3.00. The molecule has 152 valence electrons. The Balaban J connectivity index is 1.74. The number of likely N-dealkylation sites (N-methyl/N-ethyl adjacent to an activating group) is 1. The number of carbonyl (C=O) groups excluding carboxylic acids is 1. The molecule has 28 heavy (non-hydrogen) atoms. The predicted molar refractivity (Wildman–Crippen MR) is 104 cm³/mol. The van der Waals surface area contributed by atoms with Crippen molar-refractivity contribution in [3.8, 4) is 5.75 Å². The first-order valence-corrected chi connectivity index (χ1v) is 10.3. The first kappa shape index (κ1) is 20.3. The topological polar surface area (TPSA) is 106 Å². The van der Waals surface area contributed by atoms with E-state index in [9.17, 15) is 13.2 Å². The van der Waals surface area contributed by atoms with E-state index in [-0.39, 0.29) is 5.91 Å². The Morgan fingerprint density at radius 3 is 2.57 bits per heavy atom. The lowest BCUT2D eigenvalue weighted by Gasteiger charge is -2.36. The second kappa shape index (κ2) is 7.90. The van der Waals surface area contributed by atoms with Crippen LogP contribution in [0.3, 0.4) is 0 Å². The van der Waals surface area contributed by atoms with Crippen LogP contribution in [-0.4, -0.2) is 48.6 Å². The monoisotopic (exact) mass is 407 g/mol. The maximum Gasteiger partial charge on any atom is 0.280 e. The maximum absolute atomic E-state index is 12.8. The van der Waals surface area contributed by atoms with Gasteiger partial charge in [0.2, 0.25) is 5.91 Å². The molecule has 0 saturated carbocycles. The van der Waals surface area contributed by atoms with Gasteiger partial charge in [-0.3, -0.25) is 9.48 Å². The third kappa shape index (κ3) is 4.18. The van der Waals surface area contributed by atoms with E-state index in [1.807, 2.05) is 31.2 Å². The number of methoxy groups -OCH3 is 1. The van der Waals surface area contributed by atoms with Crippen molar-refractivity contribution in [2.45, 2.75) is 32.0 Å². The first-order chi connectivity index (χ1) is 13.2. The fourth-order valence-electron chi connectivity index (χ4n) is 3.32. The summed E-state index contributed by atoms with van der Waals surface area (Å²) in [5.74, 6) is 0.392. The van der Waals surface area contributed by atoms with E-state index in [0.29, 0.717) is 13.0 Å². The number of amides is 1. The standard InChI is InChI=1S/C18H25N5O4S/c1-12-15(11-22(2)20-12)16-9-17(23(3)28(25,26)21-16)18(24)19-10-13-5-7-14(27-4)8-6-13/h5-8,11,16-17,21H,9-10H2,1-4H3,(H,19,24)/t16-,17+/m0/s1. The lowest BCUT2D eigenvalue weighted by Crippen LogP contribution is -2.57. The lowest BCUT2D eigenvalue weighted by molar-refractivity contribution is -0.125. The first-order valence-electron chi connectivity index (χ1n) is 8.87. The molecule has 9 nitrogen and oxygen atoms in total. The number of ether oxygens (including phenoxy) is 1. The molecule has 2 N–H and O–H groups in total. The molecule has 0 spiro atoms. The van der Waals surface area contributed by atoms with Crippen LogP contribution in [0.1, 0.15) is 29.3 Å². The molecule has 1 aliphatic heterocycles. The highest BCUT2D eigenvalue weighted by Gasteiger charge is 2.41. The van der Waals surface area contributed by atoms with E-state index >= 15 is 0 Å². The molecule has 1 aromatic carbocycles. The normalized spacial score (nSPS) is 22.0. The molecular formula is C18H25N5O4S. The highest BCUT2D eigenvalue weighted by Crippen LogP contribution is 2.29. The molecule has 1 fully saturated rings. The van der Waals surface area contributed by atoms with Gasteiger partial charge in [0.05, 0.1) is 18.8 Å². The minimum absolute atomic E-state index is 0.303. The molecule has 2 atom stereocenters. The molecular weight excluding hydrogens is 382 g/mol. The number of carbonyl (C=O) groups is 1. The summed E-state index contributed by atoms with van der Waals surface area (Å²) in [6.07, 6.45) is 2.09. The third-order valence-corrected chi connectivity index (χ3v) is 6.52. The van der Waals surface area contributed by atoms with E-state index < -0.39 is 22.3 Å². The van der Waals surface area contributed by atoms with Crippen molar-refractivity contribution in [3.05, 3.63) is 47.3 Å². The number of nitrogens with one attached hydrogen (secondary N) is 2. The molecule has 2 aromatic rings. The molecule has 0 bridgehead atoms. The second-order valence-corrected chi connectivity index (χ2v) is 8.61. The van der Waals surface area contributed by atoms with Crippen molar-refractivity contribution in [2.24, 2.45) is 7.05 Å². The smallest absolute Gasteiger partial charge is 0.280 e. The van der Waals surface area contributed by atoms with Gasteiger partial charge < -0.3 is 10.1 Å². The fraction of sp³-hybridized carbons (Fsp3) is 0.444. The van der Waals surface area contributed by atoms with Gasteiger partial charge >= 0.3 is 0 Å². The summed E-state index contributed by atoms with van der Waals surface area (Å²) in [7, 11) is 0.990. The van der Waals surface area contributed by atoms with Crippen LogP contribution in [-0.2, 0) is 28.6 Å². The van der Waals surface area contributed by atoms with Crippen molar-refractivity contribution < 1.29 is 17.9 Å². The Morgan fingerprint density at radius 2 is 2.00 bits per heavy atom. The van der Waals surface area contributed by atoms with Crippen LogP contribution in [0, 0.1) is 6.92 Å². The number of benzene rings is 1. The van der Waals surface area contributed by atoms with Crippen molar-refractivity contribution in [1.82, 2.24) is 24.1 Å². The minimum atomic E-state index is -3.78. The molecule has 2 heterocycles. The Morgan fingerprint density at radius 1 is 1.32 bits per heavy atom. The Labute approximate surface area is 164 Å². The van der Waals surface area contributed by atoms with E-state index in [1.54, 1.807) is 25.0 Å². The van der Waals surface area contributed by atoms with Gasteiger partial charge in [-0.15, -0.1) is 0 Å². The lowest BCUT2D eigenvalue weighted by atomic mass is 10.00. The van der Waals surface area contributed by atoms with Gasteiger partial charge in [-0.05, 0) is 31.0 Å². The third-order valence-electron chi connectivity index (χ3n) is 4.92. The van der Waals surface area contributed by atoms with Gasteiger partial charge in [-0.1, -0.05) is 12.1 Å². The van der Waals surface area contributed by atoms with Gasteiger partial charge in [0, 0.05) is 32.4 Å². The summed E-state index contributed by atoms with van der Waals surface area (Å²) in [6.45, 7) is 2.12. The van der Waals surface area contributed by atoms with Crippen molar-refractivity contribution >= 4 is 16.1 Å². The Kier molecular flexibility index (Phi) is 5.73. The number of nitrogens with zero attached hydrogens (tertiary/aromatic N) is 3. The predicted octanol–water partition coefficient (Wildman–Crippen LogP) is 0.633. The number of hydrogen-bond acceptors (Lipinski definition) is 5. The molecule has 0 unspecified atom stereocenters. The van der Waals surface area contributed by atoms with Crippen LogP contribution in [0.2, 0.25) is 0 Å². The van der Waals surface area contributed by atoms with Crippen LogP contribution >= 0.6 is 0 Å². The molecule has 3 rings (SSSR count). The fourth-order valence-corrected chi connectivity index (χ4v) is 4.59. The molecule has 10 heteroatoms. The van der Waals surface area contributed by atoms with Crippen LogP contribution < -0.4 is 14.8 Å². The van der Waals surface area contributed by atoms with Crippen molar-refractivity contribution in [2.75, 3.05) is 14.2 Å². The SMILES string of the molecule is COc1ccc(CNC(=O)[C@H]2C[C@@H](c3cn(C)nc3C)NS(=O)(=O)N2C)cc1. The van der Waals surface area contributed by atoms with Crippen LogP contribution in [0.5, 0.6) is 5.75 Å². The number of aromatic nitrogens is 2. The van der Waals surface area contributed by atoms with Gasteiger partial charge in [0.1, 0.15) is 11.8 Å². The zero-order chi connectivity index (χ0) is 20.5. The highest BCUT2D eigenvalue weighted by molar-refractivity contribution is 7.87. The number of hydrogen-bond donors (Lipinski definition) is 2. The number of rotatable bonds is 5. The van der Waals surface area contributed by atoms with Crippen LogP contribution in [0.4, 0.5) is 0 Å². The second-order valence-electron chi connectivity index (χ2n) is 6.85. The van der Waals surface area contributed by atoms with E-state index in [0.717, 1.165) is 26.9 Å². The van der Waals surface area contributed by atoms with E-state index in [4.69, 9.17) is 4.74 Å². The largest absolute Gasteiger partial charge is 0.497 e. The van der Waals surface area contributed by atoms with Gasteiger partial charge in [0.15, 0.2) is 0 Å². The molecule has 1 aromatic heterocycles. The summed E-state index contributed by atoms with van der Waals surface area (Å²) < 4.78 is 35.5. The number of aryl methyl sites for hydroxylation is 2. The zero-order valence-corrected chi connectivity index (χ0v) is 17.2. The zero-order valence-electron chi connectivity index (χ0n) is 16.3. The maximum atomic E-state index is 12.8. The van der Waals surface area contributed by atoms with Gasteiger partial charge in [0.25, 0.3) is 10.2 Å². The van der Waals surface area contributed by atoms with E-state index in [1.165, 1.54) is 7.05 Å². The molecule has 1 amide bonds. The average molecular weight is 407 g/mol. The molecule has 0 aliphatic carbocycles. The quantitative estimate of drug-likeness (QED) is 0.756. The Hall–Kier alpha value is -2.43. The summed E-state index contributed by atoms with van der Waals surface area (Å²) in [4.78, 5) is 12.8.